The summed E-state index contributed by atoms with van der Waals surface area (Å²) in [6, 6.07) is 14.4. The maximum atomic E-state index is 11.9. The minimum absolute atomic E-state index is 0.00401. The molecule has 1 amide bonds. The van der Waals surface area contributed by atoms with Gasteiger partial charge in [-0.15, -0.1) is 0 Å². The van der Waals surface area contributed by atoms with Crippen LogP contribution in [0.4, 0.5) is 5.69 Å². The van der Waals surface area contributed by atoms with Crippen LogP contribution in [-0.2, 0) is 11.3 Å². The van der Waals surface area contributed by atoms with E-state index >= 15 is 0 Å². The number of carbonyl (C=O) groups is 1. The van der Waals surface area contributed by atoms with Gasteiger partial charge in [0.1, 0.15) is 0 Å². The molecule has 0 saturated carbocycles. The van der Waals surface area contributed by atoms with E-state index < -0.39 is 0 Å². The Kier molecular flexibility index (Phi) is 4.99. The molecule has 0 heterocycles. The van der Waals surface area contributed by atoms with Crippen LogP contribution in [0.15, 0.2) is 42.5 Å². The molecule has 0 bridgehead atoms. The van der Waals surface area contributed by atoms with Crippen molar-refractivity contribution in [1.82, 2.24) is 5.32 Å². The van der Waals surface area contributed by atoms with E-state index in [2.05, 4.69) is 36.6 Å². The molecule has 0 aliphatic carbocycles. The van der Waals surface area contributed by atoms with E-state index in [4.69, 9.17) is 0 Å². The molecule has 0 aromatic heterocycles. The summed E-state index contributed by atoms with van der Waals surface area (Å²) in [5.41, 5.74) is 5.69. The standard InChI is InChI=1S/C18H22N2O/c1-13-5-4-6-16(8-13)11-20-18(21)12-19-17-9-14(2)7-15(3)10-17/h4-10,19H,11-12H2,1-3H3,(H,20,21). The average Bonchev–Trinajstić information content (AvgIpc) is 2.42. The summed E-state index contributed by atoms with van der Waals surface area (Å²) in [5.74, 6) is -0.00401. The van der Waals surface area contributed by atoms with Crippen molar-refractivity contribution in [3.05, 3.63) is 64.7 Å². The molecule has 0 aliphatic rings. The number of benzene rings is 2. The molecule has 2 aromatic rings. The highest BCUT2D eigenvalue weighted by Crippen LogP contribution is 2.13. The van der Waals surface area contributed by atoms with Crippen LogP contribution in [0.5, 0.6) is 0 Å². The molecule has 2 aromatic carbocycles. The van der Waals surface area contributed by atoms with Gasteiger partial charge in [-0.2, -0.15) is 0 Å². The second-order valence-corrected chi connectivity index (χ2v) is 5.50. The van der Waals surface area contributed by atoms with E-state index in [-0.39, 0.29) is 12.5 Å². The Balaban J connectivity index is 1.82. The molecule has 0 radical (unpaired) electrons. The molecule has 110 valence electrons. The number of carbonyl (C=O) groups excluding carboxylic acids is 1. The van der Waals surface area contributed by atoms with Crippen LogP contribution in [-0.4, -0.2) is 12.5 Å². The van der Waals surface area contributed by atoms with Gasteiger partial charge in [-0.05, 0) is 49.6 Å². The highest BCUT2D eigenvalue weighted by Gasteiger charge is 2.02. The van der Waals surface area contributed by atoms with Crippen LogP contribution in [0.25, 0.3) is 0 Å². The quantitative estimate of drug-likeness (QED) is 0.883. The zero-order valence-corrected chi connectivity index (χ0v) is 12.9. The van der Waals surface area contributed by atoms with Crippen LogP contribution in [0.3, 0.4) is 0 Å². The normalized spacial score (nSPS) is 10.2. The van der Waals surface area contributed by atoms with Gasteiger partial charge in [0.15, 0.2) is 0 Å². The van der Waals surface area contributed by atoms with Crippen LogP contribution >= 0.6 is 0 Å². The average molecular weight is 282 g/mol. The highest BCUT2D eigenvalue weighted by molar-refractivity contribution is 5.80. The van der Waals surface area contributed by atoms with Crippen molar-refractivity contribution in [3.8, 4) is 0 Å². The first kappa shape index (κ1) is 15.1. The Labute approximate surface area is 126 Å². The van der Waals surface area contributed by atoms with Crippen molar-refractivity contribution >= 4 is 11.6 Å². The zero-order valence-electron chi connectivity index (χ0n) is 12.9. The van der Waals surface area contributed by atoms with Gasteiger partial charge in [0.25, 0.3) is 0 Å². The lowest BCUT2D eigenvalue weighted by molar-refractivity contribution is -0.119. The third-order valence-electron chi connectivity index (χ3n) is 3.25. The number of amides is 1. The topological polar surface area (TPSA) is 41.1 Å². The number of anilines is 1. The number of aryl methyl sites for hydroxylation is 3. The van der Waals surface area contributed by atoms with Gasteiger partial charge < -0.3 is 10.6 Å². The number of hydrogen-bond acceptors (Lipinski definition) is 2. The second-order valence-electron chi connectivity index (χ2n) is 5.50. The summed E-state index contributed by atoms with van der Waals surface area (Å²) in [6.07, 6.45) is 0. The van der Waals surface area contributed by atoms with Gasteiger partial charge in [-0.25, -0.2) is 0 Å². The molecule has 0 aliphatic heterocycles. The first-order valence-electron chi connectivity index (χ1n) is 7.17. The molecule has 0 atom stereocenters. The Morgan fingerprint density at radius 2 is 1.67 bits per heavy atom. The summed E-state index contributed by atoms with van der Waals surface area (Å²) in [4.78, 5) is 11.9. The third-order valence-corrected chi connectivity index (χ3v) is 3.25. The fourth-order valence-electron chi connectivity index (χ4n) is 2.34. The SMILES string of the molecule is Cc1cccc(CNC(=O)CNc2cc(C)cc(C)c2)c1. The van der Waals surface area contributed by atoms with Gasteiger partial charge in [-0.3, -0.25) is 4.79 Å². The van der Waals surface area contributed by atoms with E-state index in [9.17, 15) is 4.79 Å². The zero-order chi connectivity index (χ0) is 15.2. The molecular formula is C18H22N2O. The van der Waals surface area contributed by atoms with Crippen molar-refractivity contribution < 1.29 is 4.79 Å². The van der Waals surface area contributed by atoms with E-state index in [1.54, 1.807) is 0 Å². The molecular weight excluding hydrogens is 260 g/mol. The number of nitrogens with one attached hydrogen (secondary N) is 2. The van der Waals surface area contributed by atoms with E-state index in [1.807, 2.05) is 37.3 Å². The molecule has 0 unspecified atom stereocenters. The van der Waals surface area contributed by atoms with Gasteiger partial charge in [0.2, 0.25) is 5.91 Å². The van der Waals surface area contributed by atoms with Gasteiger partial charge in [-0.1, -0.05) is 35.9 Å². The van der Waals surface area contributed by atoms with E-state index in [0.29, 0.717) is 6.54 Å². The summed E-state index contributed by atoms with van der Waals surface area (Å²) < 4.78 is 0. The molecule has 2 N–H and O–H groups in total. The maximum absolute atomic E-state index is 11.9. The lowest BCUT2D eigenvalue weighted by Gasteiger charge is -2.10. The Hall–Kier alpha value is -2.29. The molecule has 21 heavy (non-hydrogen) atoms. The summed E-state index contributed by atoms with van der Waals surface area (Å²) >= 11 is 0. The van der Waals surface area contributed by atoms with Gasteiger partial charge in [0.05, 0.1) is 6.54 Å². The Morgan fingerprint density at radius 1 is 0.952 bits per heavy atom. The summed E-state index contributed by atoms with van der Waals surface area (Å²) in [5, 5.41) is 6.09. The van der Waals surface area contributed by atoms with Crippen LogP contribution < -0.4 is 10.6 Å². The lowest BCUT2D eigenvalue weighted by Crippen LogP contribution is -2.29. The van der Waals surface area contributed by atoms with Crippen molar-refractivity contribution in [2.75, 3.05) is 11.9 Å². The Bertz CT molecular complexity index is 615. The summed E-state index contributed by atoms with van der Waals surface area (Å²) in [6.45, 7) is 7.00. The summed E-state index contributed by atoms with van der Waals surface area (Å²) in [7, 11) is 0. The smallest absolute Gasteiger partial charge is 0.239 e. The third kappa shape index (κ3) is 4.95. The Morgan fingerprint density at radius 3 is 2.33 bits per heavy atom. The van der Waals surface area contributed by atoms with Crippen LogP contribution in [0.1, 0.15) is 22.3 Å². The fraction of sp³-hybridized carbons (Fsp3) is 0.278. The molecule has 3 heteroatoms. The minimum atomic E-state index is -0.00401. The highest BCUT2D eigenvalue weighted by atomic mass is 16.1. The van der Waals surface area contributed by atoms with Crippen molar-refractivity contribution in [3.63, 3.8) is 0 Å². The first-order valence-corrected chi connectivity index (χ1v) is 7.17. The number of rotatable bonds is 5. The fourth-order valence-corrected chi connectivity index (χ4v) is 2.34. The molecule has 0 spiro atoms. The number of hydrogen-bond donors (Lipinski definition) is 2. The second kappa shape index (κ2) is 6.93. The monoisotopic (exact) mass is 282 g/mol. The van der Waals surface area contributed by atoms with Crippen LogP contribution in [0.2, 0.25) is 0 Å². The van der Waals surface area contributed by atoms with Gasteiger partial charge in [0, 0.05) is 12.2 Å². The van der Waals surface area contributed by atoms with Crippen molar-refractivity contribution in [1.29, 1.82) is 0 Å². The maximum Gasteiger partial charge on any atom is 0.239 e. The van der Waals surface area contributed by atoms with Gasteiger partial charge >= 0.3 is 0 Å². The van der Waals surface area contributed by atoms with E-state index in [1.165, 1.54) is 16.7 Å². The molecule has 0 fully saturated rings. The lowest BCUT2D eigenvalue weighted by atomic mass is 10.1. The minimum Gasteiger partial charge on any atom is -0.376 e. The van der Waals surface area contributed by atoms with Crippen LogP contribution in [0, 0.1) is 20.8 Å². The predicted octanol–water partition coefficient (Wildman–Crippen LogP) is 3.34. The van der Waals surface area contributed by atoms with Crippen molar-refractivity contribution in [2.24, 2.45) is 0 Å². The molecule has 3 nitrogen and oxygen atoms in total. The van der Waals surface area contributed by atoms with E-state index in [0.717, 1.165) is 11.3 Å². The largest absolute Gasteiger partial charge is 0.376 e. The first-order chi connectivity index (χ1) is 10.0. The molecule has 0 saturated heterocycles. The molecule has 2 rings (SSSR count). The predicted molar refractivity (Wildman–Crippen MR) is 87.4 cm³/mol. The van der Waals surface area contributed by atoms with Crippen molar-refractivity contribution in [2.45, 2.75) is 27.3 Å².